The lowest BCUT2D eigenvalue weighted by molar-refractivity contribution is -0.116. The van der Waals surface area contributed by atoms with Crippen LogP contribution >= 0.6 is 0 Å². The molecule has 0 atom stereocenters. The molecule has 0 spiro atoms. The van der Waals surface area contributed by atoms with Crippen molar-refractivity contribution in [2.24, 2.45) is 0 Å². The summed E-state index contributed by atoms with van der Waals surface area (Å²) in [6.45, 7) is 1.18. The maximum atomic E-state index is 13.4. The SMILES string of the molecule is Cc1cccc(NC(=O)CN2/C(=C(/O)c3ccccc3)C(=O)c3ccccc3S2(=O)=O)c1. The molecule has 0 saturated carbocycles. The summed E-state index contributed by atoms with van der Waals surface area (Å²) in [6, 6.07) is 20.9. The molecule has 0 bridgehead atoms. The van der Waals surface area contributed by atoms with Crippen LogP contribution in [0.5, 0.6) is 0 Å². The Morgan fingerprint density at radius 1 is 0.969 bits per heavy atom. The number of aliphatic hydroxyl groups excluding tert-OH is 1. The van der Waals surface area contributed by atoms with Crippen LogP contribution in [0, 0.1) is 6.92 Å². The van der Waals surface area contributed by atoms with E-state index in [0.717, 1.165) is 5.56 Å². The van der Waals surface area contributed by atoms with Crippen LogP contribution in [-0.2, 0) is 14.8 Å². The molecule has 0 aromatic heterocycles. The number of allylic oxidation sites excluding steroid dienone is 1. The van der Waals surface area contributed by atoms with E-state index in [9.17, 15) is 23.1 Å². The Hall–Kier alpha value is -3.91. The molecular weight excluding hydrogens is 428 g/mol. The number of aryl methyl sites for hydroxylation is 1. The topological polar surface area (TPSA) is 104 Å². The van der Waals surface area contributed by atoms with E-state index in [2.05, 4.69) is 5.32 Å². The first-order chi connectivity index (χ1) is 15.3. The number of hydrogen-bond donors (Lipinski definition) is 2. The van der Waals surface area contributed by atoms with Crippen molar-refractivity contribution in [2.75, 3.05) is 11.9 Å². The minimum absolute atomic E-state index is 0.0553. The van der Waals surface area contributed by atoms with Gasteiger partial charge in [0, 0.05) is 16.8 Å². The first kappa shape index (κ1) is 21.3. The number of sulfonamides is 1. The van der Waals surface area contributed by atoms with Crippen molar-refractivity contribution in [1.82, 2.24) is 4.31 Å². The zero-order valence-corrected chi connectivity index (χ0v) is 18.0. The number of carbonyl (C=O) groups excluding carboxylic acids is 2. The number of anilines is 1. The van der Waals surface area contributed by atoms with Gasteiger partial charge in [0.15, 0.2) is 5.76 Å². The lowest BCUT2D eigenvalue weighted by Gasteiger charge is -2.31. The second-order valence-electron chi connectivity index (χ2n) is 7.32. The number of Topliss-reactive ketones (excluding diaryl/α,β-unsaturated/α-hetero) is 1. The molecule has 1 aliphatic heterocycles. The lowest BCUT2D eigenvalue weighted by Crippen LogP contribution is -2.43. The molecule has 32 heavy (non-hydrogen) atoms. The van der Waals surface area contributed by atoms with Crippen LogP contribution in [0.2, 0.25) is 0 Å². The number of ketones is 1. The number of fused-ring (bicyclic) bond motifs is 1. The van der Waals surface area contributed by atoms with Crippen LogP contribution in [0.3, 0.4) is 0 Å². The minimum atomic E-state index is -4.28. The summed E-state index contributed by atoms with van der Waals surface area (Å²) in [4.78, 5) is 25.8. The van der Waals surface area contributed by atoms with E-state index < -0.39 is 39.7 Å². The highest BCUT2D eigenvalue weighted by atomic mass is 32.2. The first-order valence-electron chi connectivity index (χ1n) is 9.80. The molecule has 0 fully saturated rings. The van der Waals surface area contributed by atoms with E-state index in [1.54, 1.807) is 54.6 Å². The van der Waals surface area contributed by atoms with Crippen molar-refractivity contribution < 1.29 is 23.1 Å². The summed E-state index contributed by atoms with van der Waals surface area (Å²) in [6.07, 6.45) is 0. The van der Waals surface area contributed by atoms with Gasteiger partial charge in [0.1, 0.15) is 12.2 Å². The van der Waals surface area contributed by atoms with E-state index in [4.69, 9.17) is 0 Å². The highest BCUT2D eigenvalue weighted by Gasteiger charge is 2.42. The van der Waals surface area contributed by atoms with Crippen molar-refractivity contribution in [3.63, 3.8) is 0 Å². The van der Waals surface area contributed by atoms with Gasteiger partial charge in [-0.3, -0.25) is 9.59 Å². The summed E-state index contributed by atoms with van der Waals surface area (Å²) in [5.74, 6) is -1.85. The highest BCUT2D eigenvalue weighted by Crippen LogP contribution is 2.35. The van der Waals surface area contributed by atoms with Gasteiger partial charge < -0.3 is 10.4 Å². The molecule has 2 N–H and O–H groups in total. The first-order valence-corrected chi connectivity index (χ1v) is 11.2. The fraction of sp³-hybridized carbons (Fsp3) is 0.0833. The summed E-state index contributed by atoms with van der Waals surface area (Å²) in [5, 5.41) is 13.5. The largest absolute Gasteiger partial charge is 0.505 e. The summed E-state index contributed by atoms with van der Waals surface area (Å²) in [7, 11) is -4.28. The van der Waals surface area contributed by atoms with E-state index >= 15 is 0 Å². The standard InChI is InChI=1S/C24H20N2O5S/c1-16-8-7-11-18(14-16)25-21(27)15-26-22(23(28)17-9-3-2-4-10-17)24(29)19-12-5-6-13-20(19)32(26,30)31/h2-14,28H,15H2,1H3,(H,25,27)/b23-22+. The molecule has 7 nitrogen and oxygen atoms in total. The van der Waals surface area contributed by atoms with Gasteiger partial charge in [-0.05, 0) is 36.8 Å². The van der Waals surface area contributed by atoms with Gasteiger partial charge in [0.05, 0.1) is 4.90 Å². The van der Waals surface area contributed by atoms with Crippen LogP contribution in [-0.4, -0.2) is 36.1 Å². The average Bonchev–Trinajstić information content (AvgIpc) is 2.78. The van der Waals surface area contributed by atoms with Crippen LogP contribution in [0.25, 0.3) is 5.76 Å². The minimum Gasteiger partial charge on any atom is -0.505 e. The molecule has 3 aromatic rings. The Morgan fingerprint density at radius 2 is 1.66 bits per heavy atom. The van der Waals surface area contributed by atoms with Crippen molar-refractivity contribution in [3.05, 3.63) is 101 Å². The Morgan fingerprint density at radius 3 is 2.38 bits per heavy atom. The van der Waals surface area contributed by atoms with Crippen LogP contribution in [0.1, 0.15) is 21.5 Å². The quantitative estimate of drug-likeness (QED) is 0.467. The van der Waals surface area contributed by atoms with Gasteiger partial charge >= 0.3 is 0 Å². The van der Waals surface area contributed by atoms with E-state index in [1.807, 2.05) is 13.0 Å². The third-order valence-corrected chi connectivity index (χ3v) is 6.83. The summed E-state index contributed by atoms with van der Waals surface area (Å²) >= 11 is 0. The fourth-order valence-electron chi connectivity index (χ4n) is 3.54. The molecule has 4 rings (SSSR count). The third-order valence-electron chi connectivity index (χ3n) is 5.02. The van der Waals surface area contributed by atoms with Gasteiger partial charge in [-0.2, -0.15) is 0 Å². The average molecular weight is 449 g/mol. The molecule has 0 unspecified atom stereocenters. The predicted octanol–water partition coefficient (Wildman–Crippen LogP) is 3.75. The van der Waals surface area contributed by atoms with Crippen molar-refractivity contribution >= 4 is 33.2 Å². The molecule has 162 valence electrons. The maximum Gasteiger partial charge on any atom is 0.265 e. The molecule has 0 saturated heterocycles. The molecule has 0 radical (unpaired) electrons. The summed E-state index contributed by atoms with van der Waals surface area (Å²) < 4.78 is 27.4. The normalized spacial score (nSPS) is 16.3. The van der Waals surface area contributed by atoms with Crippen LogP contribution < -0.4 is 5.32 Å². The fourth-order valence-corrected chi connectivity index (χ4v) is 5.16. The monoisotopic (exact) mass is 448 g/mol. The number of nitrogens with zero attached hydrogens (tertiary/aromatic N) is 1. The second-order valence-corrected chi connectivity index (χ2v) is 9.15. The van der Waals surface area contributed by atoms with Crippen molar-refractivity contribution in [2.45, 2.75) is 11.8 Å². The number of carbonyl (C=O) groups is 2. The van der Waals surface area contributed by atoms with Crippen molar-refractivity contribution in [1.29, 1.82) is 0 Å². The zero-order valence-electron chi connectivity index (χ0n) is 17.1. The Kier molecular flexibility index (Phi) is 5.54. The van der Waals surface area contributed by atoms with Gasteiger partial charge in [0.2, 0.25) is 11.7 Å². The van der Waals surface area contributed by atoms with Gasteiger partial charge in [-0.1, -0.05) is 54.6 Å². The van der Waals surface area contributed by atoms with E-state index in [-0.39, 0.29) is 16.0 Å². The van der Waals surface area contributed by atoms with Gasteiger partial charge in [0.25, 0.3) is 10.0 Å². The third kappa shape index (κ3) is 3.88. The van der Waals surface area contributed by atoms with E-state index in [1.165, 1.54) is 18.2 Å². The smallest absolute Gasteiger partial charge is 0.265 e. The van der Waals surface area contributed by atoms with Gasteiger partial charge in [-0.15, -0.1) is 0 Å². The molecule has 0 aliphatic carbocycles. The lowest BCUT2D eigenvalue weighted by atomic mass is 10.0. The maximum absolute atomic E-state index is 13.4. The molecular formula is C24H20N2O5S. The van der Waals surface area contributed by atoms with Crippen LogP contribution in [0.4, 0.5) is 5.69 Å². The number of amides is 1. The van der Waals surface area contributed by atoms with Crippen molar-refractivity contribution in [3.8, 4) is 0 Å². The molecule has 1 heterocycles. The molecule has 3 aromatic carbocycles. The number of rotatable bonds is 4. The molecule has 1 aliphatic rings. The Balaban J connectivity index is 1.81. The Labute approximate surface area is 185 Å². The molecule has 8 heteroatoms. The number of hydrogen-bond acceptors (Lipinski definition) is 5. The zero-order chi connectivity index (χ0) is 22.9. The molecule has 1 amide bonds. The summed E-state index contributed by atoms with van der Waals surface area (Å²) in [5.41, 5.74) is 1.15. The second kappa shape index (κ2) is 8.32. The highest BCUT2D eigenvalue weighted by molar-refractivity contribution is 7.89. The number of aliphatic hydroxyl groups is 1. The van der Waals surface area contributed by atoms with Gasteiger partial charge in [-0.25, -0.2) is 12.7 Å². The van der Waals surface area contributed by atoms with E-state index in [0.29, 0.717) is 9.99 Å². The Bertz CT molecular complexity index is 1350. The number of nitrogens with one attached hydrogen (secondary N) is 1. The number of benzene rings is 3. The predicted molar refractivity (Wildman–Crippen MR) is 120 cm³/mol. The van der Waals surface area contributed by atoms with Crippen LogP contribution in [0.15, 0.2) is 89.5 Å².